The number of rotatable bonds is 7. The van der Waals surface area contributed by atoms with Gasteiger partial charge in [0.05, 0.1) is 11.9 Å². The quantitative estimate of drug-likeness (QED) is 0.567. The minimum Gasteiger partial charge on any atom is -0.357 e. The molecule has 1 aliphatic rings. The summed E-state index contributed by atoms with van der Waals surface area (Å²) < 4.78 is 1.89. The highest BCUT2D eigenvalue weighted by Crippen LogP contribution is 2.11. The Bertz CT molecular complexity index is 785. The van der Waals surface area contributed by atoms with E-state index in [0.29, 0.717) is 13.0 Å². The van der Waals surface area contributed by atoms with Gasteiger partial charge in [0, 0.05) is 44.8 Å². The third kappa shape index (κ3) is 5.34. The number of amides is 1. The second-order valence-electron chi connectivity index (χ2n) is 6.96. The van der Waals surface area contributed by atoms with E-state index in [2.05, 4.69) is 28.9 Å². The Kier molecular flexibility index (Phi) is 7.06. The van der Waals surface area contributed by atoms with Gasteiger partial charge in [0.25, 0.3) is 0 Å². The molecule has 1 fully saturated rings. The summed E-state index contributed by atoms with van der Waals surface area (Å²) in [5, 5.41) is 11.2. The molecule has 2 heterocycles. The van der Waals surface area contributed by atoms with E-state index in [1.807, 2.05) is 53.0 Å². The molecule has 3 rings (SSSR count). The molecular weight excluding hydrogens is 352 g/mol. The summed E-state index contributed by atoms with van der Waals surface area (Å²) in [5.41, 5.74) is 2.21. The fraction of sp³-hybridized carbons (Fsp3) is 0.476. The van der Waals surface area contributed by atoms with Crippen LogP contribution in [0.15, 0.2) is 47.7 Å². The lowest BCUT2D eigenvalue weighted by molar-refractivity contribution is -0.129. The van der Waals surface area contributed by atoms with Crippen molar-refractivity contribution in [1.82, 2.24) is 25.3 Å². The molecule has 7 nitrogen and oxygen atoms in total. The standard InChI is InChI=1S/C21H30N6O/c1-3-20(28)26-13-11-18(16-26)25-21(22-4-2)23-12-10-17-14-24-27(15-17)19-8-6-5-7-9-19/h5-9,14-15,18H,3-4,10-13,16H2,1-2H3,(H2,22,23,25). The zero-order valence-electron chi connectivity index (χ0n) is 16.8. The number of aliphatic imine (C=N–C) groups is 1. The van der Waals surface area contributed by atoms with Crippen LogP contribution in [0.3, 0.4) is 0 Å². The molecule has 0 spiro atoms. The Morgan fingerprint density at radius 3 is 2.86 bits per heavy atom. The highest BCUT2D eigenvalue weighted by Gasteiger charge is 2.25. The minimum atomic E-state index is 0.224. The molecule has 1 atom stereocenters. The van der Waals surface area contributed by atoms with E-state index in [1.165, 1.54) is 0 Å². The van der Waals surface area contributed by atoms with Crippen LogP contribution in [-0.2, 0) is 11.2 Å². The normalized spacial score (nSPS) is 17.0. The number of hydrogen-bond donors (Lipinski definition) is 2. The van der Waals surface area contributed by atoms with Crippen molar-refractivity contribution in [3.05, 3.63) is 48.3 Å². The predicted octanol–water partition coefficient (Wildman–Crippen LogP) is 1.98. The van der Waals surface area contributed by atoms with E-state index >= 15 is 0 Å². The zero-order valence-corrected chi connectivity index (χ0v) is 16.8. The molecule has 0 radical (unpaired) electrons. The van der Waals surface area contributed by atoms with Crippen LogP contribution in [0.25, 0.3) is 5.69 Å². The lowest BCUT2D eigenvalue weighted by Gasteiger charge is -2.18. The molecule has 1 aromatic heterocycles. The summed E-state index contributed by atoms with van der Waals surface area (Å²) in [5.74, 6) is 1.04. The van der Waals surface area contributed by atoms with E-state index < -0.39 is 0 Å². The van der Waals surface area contributed by atoms with Crippen molar-refractivity contribution in [3.8, 4) is 5.69 Å². The molecule has 1 aromatic carbocycles. The number of aromatic nitrogens is 2. The van der Waals surface area contributed by atoms with Crippen molar-refractivity contribution in [3.63, 3.8) is 0 Å². The van der Waals surface area contributed by atoms with E-state index in [4.69, 9.17) is 4.99 Å². The third-order valence-electron chi connectivity index (χ3n) is 4.86. The van der Waals surface area contributed by atoms with Crippen molar-refractivity contribution < 1.29 is 4.79 Å². The van der Waals surface area contributed by atoms with Crippen LogP contribution in [0.2, 0.25) is 0 Å². The third-order valence-corrected chi connectivity index (χ3v) is 4.86. The first kappa shape index (κ1) is 19.9. The van der Waals surface area contributed by atoms with Gasteiger partial charge in [-0.25, -0.2) is 4.68 Å². The van der Waals surface area contributed by atoms with Gasteiger partial charge in [-0.05, 0) is 37.5 Å². The highest BCUT2D eigenvalue weighted by molar-refractivity contribution is 5.80. The topological polar surface area (TPSA) is 74.6 Å². The minimum absolute atomic E-state index is 0.224. The molecule has 7 heteroatoms. The average Bonchev–Trinajstić information content (AvgIpc) is 3.38. The molecule has 2 aromatic rings. The number of nitrogens with one attached hydrogen (secondary N) is 2. The molecule has 1 amide bonds. The van der Waals surface area contributed by atoms with Crippen LogP contribution in [0.4, 0.5) is 0 Å². The van der Waals surface area contributed by atoms with Crippen molar-refractivity contribution in [1.29, 1.82) is 0 Å². The molecule has 1 saturated heterocycles. The molecule has 1 unspecified atom stereocenters. The lowest BCUT2D eigenvalue weighted by Crippen LogP contribution is -2.45. The number of carbonyl (C=O) groups is 1. The van der Waals surface area contributed by atoms with Gasteiger partial charge < -0.3 is 15.5 Å². The van der Waals surface area contributed by atoms with Gasteiger partial charge in [-0.2, -0.15) is 5.10 Å². The fourth-order valence-electron chi connectivity index (χ4n) is 3.35. The number of guanidine groups is 1. The molecule has 0 bridgehead atoms. The summed E-state index contributed by atoms with van der Waals surface area (Å²) in [6, 6.07) is 10.3. The Labute approximate surface area is 166 Å². The maximum absolute atomic E-state index is 11.8. The summed E-state index contributed by atoms with van der Waals surface area (Å²) in [7, 11) is 0. The molecule has 28 heavy (non-hydrogen) atoms. The van der Waals surface area contributed by atoms with Crippen molar-refractivity contribution in [2.75, 3.05) is 26.2 Å². The first-order valence-electron chi connectivity index (χ1n) is 10.1. The summed E-state index contributed by atoms with van der Waals surface area (Å²) >= 11 is 0. The van der Waals surface area contributed by atoms with Crippen LogP contribution in [0.5, 0.6) is 0 Å². The number of benzene rings is 1. The fourth-order valence-corrected chi connectivity index (χ4v) is 3.35. The Hall–Kier alpha value is -2.83. The monoisotopic (exact) mass is 382 g/mol. The van der Waals surface area contributed by atoms with Crippen LogP contribution in [0, 0.1) is 0 Å². The second kappa shape index (κ2) is 9.92. The molecule has 0 aliphatic carbocycles. The smallest absolute Gasteiger partial charge is 0.222 e. The van der Waals surface area contributed by atoms with Gasteiger partial charge in [0.15, 0.2) is 5.96 Å². The summed E-state index contributed by atoms with van der Waals surface area (Å²) in [6.45, 7) is 7.03. The first-order chi connectivity index (χ1) is 13.7. The number of carbonyl (C=O) groups excluding carboxylic acids is 1. The van der Waals surface area contributed by atoms with Gasteiger partial charge in [-0.1, -0.05) is 25.1 Å². The first-order valence-corrected chi connectivity index (χ1v) is 10.1. The molecule has 2 N–H and O–H groups in total. The van der Waals surface area contributed by atoms with Crippen LogP contribution in [0.1, 0.15) is 32.3 Å². The zero-order chi connectivity index (χ0) is 19.8. The number of para-hydroxylation sites is 1. The summed E-state index contributed by atoms with van der Waals surface area (Å²) in [6.07, 6.45) is 6.30. The Morgan fingerprint density at radius 2 is 2.11 bits per heavy atom. The number of nitrogens with zero attached hydrogens (tertiary/aromatic N) is 4. The van der Waals surface area contributed by atoms with Crippen LogP contribution in [-0.4, -0.2) is 58.8 Å². The molecule has 0 saturated carbocycles. The Balaban J connectivity index is 1.52. The van der Waals surface area contributed by atoms with Gasteiger partial charge in [0.1, 0.15) is 0 Å². The maximum Gasteiger partial charge on any atom is 0.222 e. The van der Waals surface area contributed by atoms with E-state index in [1.54, 1.807) is 0 Å². The number of likely N-dealkylation sites (tertiary alicyclic amines) is 1. The van der Waals surface area contributed by atoms with Crippen molar-refractivity contribution >= 4 is 11.9 Å². The van der Waals surface area contributed by atoms with Gasteiger partial charge >= 0.3 is 0 Å². The SMILES string of the molecule is CCNC(=NCCc1cnn(-c2ccccc2)c1)NC1CCN(C(=O)CC)C1. The van der Waals surface area contributed by atoms with Crippen molar-refractivity contribution in [2.24, 2.45) is 4.99 Å². The van der Waals surface area contributed by atoms with E-state index in [9.17, 15) is 4.79 Å². The Morgan fingerprint density at radius 1 is 1.29 bits per heavy atom. The summed E-state index contributed by atoms with van der Waals surface area (Å²) in [4.78, 5) is 18.5. The number of hydrogen-bond acceptors (Lipinski definition) is 3. The van der Waals surface area contributed by atoms with Crippen molar-refractivity contribution in [2.45, 2.75) is 39.2 Å². The molecule has 150 valence electrons. The lowest BCUT2D eigenvalue weighted by atomic mass is 10.2. The van der Waals surface area contributed by atoms with Crippen LogP contribution >= 0.6 is 0 Å². The van der Waals surface area contributed by atoms with E-state index in [-0.39, 0.29) is 11.9 Å². The highest BCUT2D eigenvalue weighted by atomic mass is 16.2. The molecule has 1 aliphatic heterocycles. The maximum atomic E-state index is 11.8. The van der Waals surface area contributed by atoms with E-state index in [0.717, 1.165) is 49.7 Å². The van der Waals surface area contributed by atoms with Gasteiger partial charge in [-0.15, -0.1) is 0 Å². The average molecular weight is 383 g/mol. The van der Waals surface area contributed by atoms with Crippen LogP contribution < -0.4 is 10.6 Å². The largest absolute Gasteiger partial charge is 0.357 e. The van der Waals surface area contributed by atoms with Gasteiger partial charge in [-0.3, -0.25) is 9.79 Å². The van der Waals surface area contributed by atoms with Gasteiger partial charge in [0.2, 0.25) is 5.91 Å². The molecular formula is C21H30N6O. The predicted molar refractivity (Wildman–Crippen MR) is 112 cm³/mol. The second-order valence-corrected chi connectivity index (χ2v) is 6.96.